The first-order valence-corrected chi connectivity index (χ1v) is 6.79. The minimum Gasteiger partial charge on any atom is -0.383 e. The van der Waals surface area contributed by atoms with Crippen LogP contribution >= 0.6 is 0 Å². The van der Waals surface area contributed by atoms with E-state index in [0.29, 0.717) is 24.7 Å². The van der Waals surface area contributed by atoms with Crippen molar-refractivity contribution in [3.8, 4) is 0 Å². The molecule has 1 heterocycles. The van der Waals surface area contributed by atoms with Gasteiger partial charge in [-0.2, -0.15) is 0 Å². The summed E-state index contributed by atoms with van der Waals surface area (Å²) in [4.78, 5) is 0. The van der Waals surface area contributed by atoms with Crippen LogP contribution < -0.4 is 5.32 Å². The number of hydrogen-bond donors (Lipinski definition) is 1. The van der Waals surface area contributed by atoms with Gasteiger partial charge in [0.15, 0.2) is 0 Å². The van der Waals surface area contributed by atoms with Crippen molar-refractivity contribution in [1.29, 1.82) is 0 Å². The van der Waals surface area contributed by atoms with E-state index in [1.807, 2.05) is 13.0 Å². The summed E-state index contributed by atoms with van der Waals surface area (Å²) in [5.74, 6) is 0.160. The van der Waals surface area contributed by atoms with E-state index in [1.165, 1.54) is 6.07 Å². The summed E-state index contributed by atoms with van der Waals surface area (Å²) in [6.07, 6.45) is 0.841. The van der Waals surface area contributed by atoms with Crippen molar-refractivity contribution in [2.24, 2.45) is 5.92 Å². The maximum Gasteiger partial charge on any atom is 0.129 e. The van der Waals surface area contributed by atoms with Crippen molar-refractivity contribution < 1.29 is 13.9 Å². The Hall–Kier alpha value is -0.970. The SMILES string of the molecule is COCCNCC1CCOC1c1cc(C)ccc1F. The predicted octanol–water partition coefficient (Wildman–Crippen LogP) is 2.45. The fraction of sp³-hybridized carbons (Fsp3) is 0.600. The monoisotopic (exact) mass is 267 g/mol. The van der Waals surface area contributed by atoms with Crippen LogP contribution in [0.5, 0.6) is 0 Å². The lowest BCUT2D eigenvalue weighted by Crippen LogP contribution is -2.28. The second-order valence-corrected chi connectivity index (χ2v) is 5.06. The molecule has 0 bridgehead atoms. The Morgan fingerprint density at radius 1 is 1.47 bits per heavy atom. The lowest BCUT2D eigenvalue weighted by molar-refractivity contribution is 0.0868. The van der Waals surface area contributed by atoms with E-state index in [1.54, 1.807) is 13.2 Å². The van der Waals surface area contributed by atoms with Crippen molar-refractivity contribution >= 4 is 0 Å². The molecule has 1 fully saturated rings. The van der Waals surface area contributed by atoms with Crippen molar-refractivity contribution in [3.05, 3.63) is 35.1 Å². The molecule has 3 nitrogen and oxygen atoms in total. The van der Waals surface area contributed by atoms with Crippen LogP contribution in [0, 0.1) is 18.7 Å². The second-order valence-electron chi connectivity index (χ2n) is 5.06. The molecule has 1 saturated heterocycles. The molecule has 2 unspecified atom stereocenters. The normalized spacial score (nSPS) is 22.9. The van der Waals surface area contributed by atoms with Gasteiger partial charge >= 0.3 is 0 Å². The number of halogens is 1. The second kappa shape index (κ2) is 6.98. The molecule has 1 aromatic carbocycles. The average Bonchev–Trinajstić information content (AvgIpc) is 2.86. The summed E-state index contributed by atoms with van der Waals surface area (Å²) >= 11 is 0. The van der Waals surface area contributed by atoms with Crippen LogP contribution in [-0.2, 0) is 9.47 Å². The zero-order valence-electron chi connectivity index (χ0n) is 11.6. The molecule has 106 valence electrons. The largest absolute Gasteiger partial charge is 0.383 e. The Bertz CT molecular complexity index is 411. The highest BCUT2D eigenvalue weighted by Crippen LogP contribution is 2.35. The van der Waals surface area contributed by atoms with Crippen molar-refractivity contribution in [2.45, 2.75) is 19.4 Å². The van der Waals surface area contributed by atoms with Crippen LogP contribution in [0.3, 0.4) is 0 Å². The summed E-state index contributed by atoms with van der Waals surface area (Å²) in [7, 11) is 1.69. The van der Waals surface area contributed by atoms with Gasteiger partial charge in [-0.3, -0.25) is 0 Å². The number of methoxy groups -OCH3 is 1. The molecule has 1 N–H and O–H groups in total. The molecule has 1 aliphatic rings. The third kappa shape index (κ3) is 3.75. The van der Waals surface area contributed by atoms with E-state index in [-0.39, 0.29) is 11.9 Å². The highest BCUT2D eigenvalue weighted by molar-refractivity contribution is 5.27. The number of rotatable bonds is 6. The number of nitrogens with one attached hydrogen (secondary N) is 1. The van der Waals surface area contributed by atoms with E-state index in [9.17, 15) is 4.39 Å². The number of hydrogen-bond acceptors (Lipinski definition) is 3. The molecule has 0 aromatic heterocycles. The Balaban J connectivity index is 1.99. The maximum absolute atomic E-state index is 13.9. The molecule has 1 aliphatic heterocycles. The van der Waals surface area contributed by atoms with E-state index in [0.717, 1.165) is 25.1 Å². The molecule has 0 radical (unpaired) electrons. The van der Waals surface area contributed by atoms with Crippen molar-refractivity contribution in [2.75, 3.05) is 33.4 Å². The molecule has 19 heavy (non-hydrogen) atoms. The van der Waals surface area contributed by atoms with Crippen molar-refractivity contribution in [3.63, 3.8) is 0 Å². The third-order valence-corrected chi connectivity index (χ3v) is 3.56. The molecule has 4 heteroatoms. The molecule has 2 atom stereocenters. The first kappa shape index (κ1) is 14.4. The lowest BCUT2D eigenvalue weighted by atomic mass is 9.94. The van der Waals surface area contributed by atoms with Gasteiger partial charge in [-0.05, 0) is 19.4 Å². The fourth-order valence-corrected chi connectivity index (χ4v) is 2.53. The van der Waals surface area contributed by atoms with Crippen molar-refractivity contribution in [1.82, 2.24) is 5.32 Å². The van der Waals surface area contributed by atoms with Gasteiger partial charge in [-0.1, -0.05) is 17.7 Å². The Kier molecular flexibility index (Phi) is 5.31. The van der Waals surface area contributed by atoms with Crippen LogP contribution in [0.25, 0.3) is 0 Å². The number of benzene rings is 1. The molecular weight excluding hydrogens is 245 g/mol. The van der Waals surface area contributed by atoms with Crippen LogP contribution in [-0.4, -0.2) is 33.4 Å². The summed E-state index contributed by atoms with van der Waals surface area (Å²) in [6, 6.07) is 5.22. The zero-order chi connectivity index (χ0) is 13.7. The predicted molar refractivity (Wildman–Crippen MR) is 72.7 cm³/mol. The number of ether oxygens (including phenoxy) is 2. The van der Waals surface area contributed by atoms with Gasteiger partial charge in [-0.15, -0.1) is 0 Å². The molecule has 0 saturated carbocycles. The molecular formula is C15H22FNO2. The van der Waals surface area contributed by atoms with E-state index < -0.39 is 0 Å². The van der Waals surface area contributed by atoms with Gasteiger partial charge in [0, 0.05) is 38.3 Å². The van der Waals surface area contributed by atoms with Crippen LogP contribution in [0.1, 0.15) is 23.7 Å². The highest BCUT2D eigenvalue weighted by atomic mass is 19.1. The number of aryl methyl sites for hydroxylation is 1. The van der Waals surface area contributed by atoms with Crippen LogP contribution in [0.15, 0.2) is 18.2 Å². The Morgan fingerprint density at radius 3 is 3.11 bits per heavy atom. The first-order valence-electron chi connectivity index (χ1n) is 6.79. The standard InChI is InChI=1S/C15H22FNO2/c1-11-3-4-14(16)13(9-11)15-12(5-7-19-15)10-17-6-8-18-2/h3-4,9,12,15,17H,5-8,10H2,1-2H3. The highest BCUT2D eigenvalue weighted by Gasteiger charge is 2.31. The minimum absolute atomic E-state index is 0.130. The zero-order valence-corrected chi connectivity index (χ0v) is 11.6. The van der Waals surface area contributed by atoms with E-state index >= 15 is 0 Å². The smallest absolute Gasteiger partial charge is 0.129 e. The van der Waals surface area contributed by atoms with Gasteiger partial charge in [0.1, 0.15) is 5.82 Å². The van der Waals surface area contributed by atoms with E-state index in [2.05, 4.69) is 5.32 Å². The minimum atomic E-state index is -0.167. The molecule has 0 amide bonds. The fourth-order valence-electron chi connectivity index (χ4n) is 2.53. The molecule has 0 aliphatic carbocycles. The summed E-state index contributed by atoms with van der Waals surface area (Å²) in [5.41, 5.74) is 1.76. The topological polar surface area (TPSA) is 30.5 Å². The van der Waals surface area contributed by atoms with Gasteiger partial charge in [0.25, 0.3) is 0 Å². The summed E-state index contributed by atoms with van der Waals surface area (Å²) in [5, 5.41) is 3.33. The average molecular weight is 267 g/mol. The van der Waals surface area contributed by atoms with Crippen LogP contribution in [0.4, 0.5) is 4.39 Å². The first-order chi connectivity index (χ1) is 9.22. The van der Waals surface area contributed by atoms with Gasteiger partial charge in [0.05, 0.1) is 12.7 Å². The van der Waals surface area contributed by atoms with E-state index in [4.69, 9.17) is 9.47 Å². The quantitative estimate of drug-likeness (QED) is 0.803. The summed E-state index contributed by atoms with van der Waals surface area (Å²) < 4.78 is 24.6. The molecule has 2 rings (SSSR count). The van der Waals surface area contributed by atoms with Gasteiger partial charge in [0.2, 0.25) is 0 Å². The van der Waals surface area contributed by atoms with Crippen LogP contribution in [0.2, 0.25) is 0 Å². The Labute approximate surface area is 114 Å². The van der Waals surface area contributed by atoms with Gasteiger partial charge < -0.3 is 14.8 Å². The molecule has 0 spiro atoms. The maximum atomic E-state index is 13.9. The Morgan fingerprint density at radius 2 is 2.32 bits per heavy atom. The van der Waals surface area contributed by atoms with Gasteiger partial charge in [-0.25, -0.2) is 4.39 Å². The third-order valence-electron chi connectivity index (χ3n) is 3.56. The summed E-state index contributed by atoms with van der Waals surface area (Å²) in [6.45, 7) is 5.02. The lowest BCUT2D eigenvalue weighted by Gasteiger charge is -2.20. The molecule has 1 aromatic rings.